The smallest absolute Gasteiger partial charge is 0.309 e. The molecule has 1 unspecified atom stereocenters. The lowest BCUT2D eigenvalue weighted by molar-refractivity contribution is -0.385. The molecule has 1 fully saturated rings. The van der Waals surface area contributed by atoms with Gasteiger partial charge in [-0.15, -0.1) is 0 Å². The molecule has 0 bridgehead atoms. The minimum atomic E-state index is -0.555. The molecule has 0 aliphatic carbocycles. The van der Waals surface area contributed by atoms with Crippen LogP contribution in [0.2, 0.25) is 0 Å². The van der Waals surface area contributed by atoms with Crippen molar-refractivity contribution in [3.8, 4) is 0 Å². The first-order valence-corrected chi connectivity index (χ1v) is 9.12. The standard InChI is InChI=1S/C19H25N5O3/c1-14-4-6-17(7-5-14)12-21-8-10-22(11-9-21)19(25)16(3)23-13-18(24(26)27)15(2)20-23/h4-7,13,16H,8-12H2,1-3H3. The molecule has 0 saturated carbocycles. The van der Waals surface area contributed by atoms with Crippen LogP contribution in [-0.2, 0) is 11.3 Å². The van der Waals surface area contributed by atoms with Crippen molar-refractivity contribution in [2.24, 2.45) is 0 Å². The Bertz CT molecular complexity index is 822. The number of nitrogens with zero attached hydrogens (tertiary/aromatic N) is 5. The third kappa shape index (κ3) is 4.33. The maximum Gasteiger partial charge on any atom is 0.309 e. The molecular weight excluding hydrogens is 346 g/mol. The normalized spacial score (nSPS) is 16.3. The first kappa shape index (κ1) is 19.0. The van der Waals surface area contributed by atoms with E-state index in [1.54, 1.807) is 13.8 Å². The molecule has 2 heterocycles. The van der Waals surface area contributed by atoms with Gasteiger partial charge in [0.05, 0.1) is 4.92 Å². The van der Waals surface area contributed by atoms with Crippen molar-refractivity contribution in [3.05, 3.63) is 57.4 Å². The van der Waals surface area contributed by atoms with E-state index in [0.717, 1.165) is 19.6 Å². The van der Waals surface area contributed by atoms with Crippen molar-refractivity contribution >= 4 is 11.6 Å². The number of aryl methyl sites for hydroxylation is 2. The van der Waals surface area contributed by atoms with E-state index in [1.165, 1.54) is 22.0 Å². The topological polar surface area (TPSA) is 84.5 Å². The van der Waals surface area contributed by atoms with Gasteiger partial charge in [-0.2, -0.15) is 5.10 Å². The molecule has 1 amide bonds. The predicted octanol–water partition coefficient (Wildman–Crippen LogP) is 2.31. The van der Waals surface area contributed by atoms with Gasteiger partial charge in [-0.3, -0.25) is 24.5 Å². The van der Waals surface area contributed by atoms with Crippen LogP contribution in [-0.4, -0.2) is 56.6 Å². The first-order valence-electron chi connectivity index (χ1n) is 9.12. The van der Waals surface area contributed by atoms with Gasteiger partial charge < -0.3 is 4.90 Å². The summed E-state index contributed by atoms with van der Waals surface area (Å²) in [5.41, 5.74) is 2.78. The molecule has 8 nitrogen and oxygen atoms in total. The van der Waals surface area contributed by atoms with Gasteiger partial charge in [-0.25, -0.2) is 0 Å². The number of carbonyl (C=O) groups is 1. The van der Waals surface area contributed by atoms with Gasteiger partial charge >= 0.3 is 5.69 Å². The highest BCUT2D eigenvalue weighted by molar-refractivity contribution is 5.80. The summed E-state index contributed by atoms with van der Waals surface area (Å²) in [6, 6.07) is 7.95. The molecule has 1 aromatic carbocycles. The van der Waals surface area contributed by atoms with E-state index in [2.05, 4.69) is 41.2 Å². The summed E-state index contributed by atoms with van der Waals surface area (Å²) in [6.07, 6.45) is 1.34. The van der Waals surface area contributed by atoms with Crippen molar-refractivity contribution in [3.63, 3.8) is 0 Å². The molecule has 1 aliphatic heterocycles. The van der Waals surface area contributed by atoms with Crippen LogP contribution in [0, 0.1) is 24.0 Å². The predicted molar refractivity (Wildman–Crippen MR) is 101 cm³/mol. The third-order valence-electron chi connectivity index (χ3n) is 5.05. The number of carbonyl (C=O) groups excluding carboxylic acids is 1. The van der Waals surface area contributed by atoms with Gasteiger partial charge in [0, 0.05) is 32.7 Å². The van der Waals surface area contributed by atoms with E-state index in [9.17, 15) is 14.9 Å². The molecule has 0 N–H and O–H groups in total. The van der Waals surface area contributed by atoms with E-state index in [4.69, 9.17) is 0 Å². The lowest BCUT2D eigenvalue weighted by Crippen LogP contribution is -2.49. The van der Waals surface area contributed by atoms with E-state index in [-0.39, 0.29) is 11.6 Å². The summed E-state index contributed by atoms with van der Waals surface area (Å²) < 4.78 is 1.40. The Balaban J connectivity index is 1.57. The van der Waals surface area contributed by atoms with Gasteiger partial charge in [-0.1, -0.05) is 29.8 Å². The Morgan fingerprint density at radius 2 is 1.81 bits per heavy atom. The molecule has 1 saturated heterocycles. The summed E-state index contributed by atoms with van der Waals surface area (Å²) in [6.45, 7) is 9.18. The minimum absolute atomic E-state index is 0.0533. The Morgan fingerprint density at radius 1 is 1.19 bits per heavy atom. The van der Waals surface area contributed by atoms with Crippen LogP contribution in [0.15, 0.2) is 30.5 Å². The van der Waals surface area contributed by atoms with Crippen LogP contribution in [0.3, 0.4) is 0 Å². The number of aromatic nitrogens is 2. The van der Waals surface area contributed by atoms with E-state index in [0.29, 0.717) is 18.8 Å². The molecule has 0 spiro atoms. The molecular formula is C19H25N5O3. The zero-order valence-electron chi connectivity index (χ0n) is 16.0. The molecule has 27 heavy (non-hydrogen) atoms. The van der Waals surface area contributed by atoms with Crippen LogP contribution in [0.25, 0.3) is 0 Å². The quantitative estimate of drug-likeness (QED) is 0.595. The molecule has 8 heteroatoms. The maximum atomic E-state index is 12.8. The van der Waals surface area contributed by atoms with Crippen molar-refractivity contribution in [2.45, 2.75) is 33.4 Å². The fourth-order valence-corrected chi connectivity index (χ4v) is 3.31. The highest BCUT2D eigenvalue weighted by Crippen LogP contribution is 2.20. The summed E-state index contributed by atoms with van der Waals surface area (Å²) in [7, 11) is 0. The number of amides is 1. The van der Waals surface area contributed by atoms with Crippen LogP contribution >= 0.6 is 0 Å². The Morgan fingerprint density at radius 3 is 2.37 bits per heavy atom. The molecule has 0 radical (unpaired) electrons. The zero-order valence-corrected chi connectivity index (χ0v) is 16.0. The SMILES string of the molecule is Cc1ccc(CN2CCN(C(=O)C(C)n3cc([N+](=O)[O-])c(C)n3)CC2)cc1. The van der Waals surface area contributed by atoms with Gasteiger partial charge in [0.1, 0.15) is 17.9 Å². The number of rotatable bonds is 5. The van der Waals surface area contributed by atoms with Crippen LogP contribution < -0.4 is 0 Å². The number of piperazine rings is 1. The highest BCUT2D eigenvalue weighted by Gasteiger charge is 2.28. The fraction of sp³-hybridized carbons (Fsp3) is 0.474. The van der Waals surface area contributed by atoms with Crippen molar-refractivity contribution < 1.29 is 9.72 Å². The Hall–Kier alpha value is -2.74. The largest absolute Gasteiger partial charge is 0.338 e. The molecule has 2 aromatic rings. The first-order chi connectivity index (χ1) is 12.8. The minimum Gasteiger partial charge on any atom is -0.338 e. The zero-order chi connectivity index (χ0) is 19.6. The fourth-order valence-electron chi connectivity index (χ4n) is 3.31. The second-order valence-corrected chi connectivity index (χ2v) is 7.10. The Kier molecular flexibility index (Phi) is 5.55. The molecule has 1 aliphatic rings. The summed E-state index contributed by atoms with van der Waals surface area (Å²) in [5, 5.41) is 15.1. The van der Waals surface area contributed by atoms with E-state index in [1.807, 2.05) is 4.90 Å². The van der Waals surface area contributed by atoms with Crippen LogP contribution in [0.5, 0.6) is 0 Å². The van der Waals surface area contributed by atoms with Gasteiger partial charge in [0.25, 0.3) is 0 Å². The lowest BCUT2D eigenvalue weighted by Gasteiger charge is -2.36. The Labute approximate surface area is 158 Å². The summed E-state index contributed by atoms with van der Waals surface area (Å²) in [5.74, 6) is -0.0533. The van der Waals surface area contributed by atoms with Crippen molar-refractivity contribution in [2.75, 3.05) is 26.2 Å². The monoisotopic (exact) mass is 371 g/mol. The van der Waals surface area contributed by atoms with E-state index >= 15 is 0 Å². The number of hydrogen-bond donors (Lipinski definition) is 0. The number of hydrogen-bond acceptors (Lipinski definition) is 5. The van der Waals surface area contributed by atoms with Gasteiger partial charge in [-0.05, 0) is 26.3 Å². The summed E-state index contributed by atoms with van der Waals surface area (Å²) in [4.78, 5) is 27.4. The second kappa shape index (κ2) is 7.87. The average Bonchev–Trinajstić information content (AvgIpc) is 3.05. The highest BCUT2D eigenvalue weighted by atomic mass is 16.6. The van der Waals surface area contributed by atoms with Crippen molar-refractivity contribution in [1.29, 1.82) is 0 Å². The lowest BCUT2D eigenvalue weighted by atomic mass is 10.1. The molecule has 3 rings (SSSR count). The number of nitro groups is 1. The van der Waals surface area contributed by atoms with Gasteiger partial charge in [0.15, 0.2) is 0 Å². The van der Waals surface area contributed by atoms with E-state index < -0.39 is 11.0 Å². The summed E-state index contributed by atoms with van der Waals surface area (Å²) >= 11 is 0. The molecule has 1 atom stereocenters. The molecule has 1 aromatic heterocycles. The van der Waals surface area contributed by atoms with Crippen LogP contribution in [0.1, 0.15) is 29.8 Å². The molecule has 144 valence electrons. The maximum absolute atomic E-state index is 12.8. The van der Waals surface area contributed by atoms with Crippen molar-refractivity contribution in [1.82, 2.24) is 19.6 Å². The van der Waals surface area contributed by atoms with Gasteiger partial charge in [0.2, 0.25) is 5.91 Å². The second-order valence-electron chi connectivity index (χ2n) is 7.10. The van der Waals surface area contributed by atoms with Crippen LogP contribution in [0.4, 0.5) is 5.69 Å². The number of benzene rings is 1. The average molecular weight is 371 g/mol. The third-order valence-corrected chi connectivity index (χ3v) is 5.05.